The van der Waals surface area contributed by atoms with Gasteiger partial charge in [0.1, 0.15) is 80.9 Å². The Morgan fingerprint density at radius 1 is 0.465 bits per heavy atom. The third-order valence-electron chi connectivity index (χ3n) is 13.4. The Labute approximate surface area is 754 Å². The first kappa shape index (κ1) is 109. The van der Waals surface area contributed by atoms with Gasteiger partial charge in [-0.15, -0.1) is 0 Å². The van der Waals surface area contributed by atoms with Gasteiger partial charge in [-0.1, -0.05) is 93.4 Å². The van der Waals surface area contributed by atoms with E-state index in [4.69, 9.17) is 115 Å². The molecule has 127 heavy (non-hydrogen) atoms. The maximum absolute atomic E-state index is 11.7. The van der Waals surface area contributed by atoms with E-state index in [2.05, 4.69) is 90.1 Å². The van der Waals surface area contributed by atoms with Crippen LogP contribution >= 0.6 is 46.4 Å². The largest absolute Gasteiger partial charge is 0.519 e. The number of amides is 3. The Bertz CT molecular complexity index is 4900. The van der Waals surface area contributed by atoms with Crippen LogP contribution in [0.5, 0.6) is 47.0 Å². The molecule has 10 aromatic heterocycles. The second-order valence-corrected chi connectivity index (χ2v) is 30.5. The van der Waals surface area contributed by atoms with Gasteiger partial charge in [-0.3, -0.25) is 19.2 Å². The summed E-state index contributed by atoms with van der Waals surface area (Å²) < 4.78 is 73.0. The summed E-state index contributed by atoms with van der Waals surface area (Å²) >= 11 is 22.2. The van der Waals surface area contributed by atoms with E-state index in [1.807, 2.05) is 12.1 Å². The van der Waals surface area contributed by atoms with E-state index in [0.717, 1.165) is 49.7 Å². The lowest BCUT2D eigenvalue weighted by atomic mass is 9.66. The fraction of sp³-hybridized carbons (Fsp3) is 0.362. The van der Waals surface area contributed by atoms with E-state index >= 15 is 0 Å². The minimum absolute atomic E-state index is 0. The van der Waals surface area contributed by atoms with Crippen LogP contribution in [0.4, 0.5) is 57.3 Å². The lowest BCUT2D eigenvalue weighted by Gasteiger charge is -2.20. The Balaban J connectivity index is 0.000000495. The molecule has 47 heteroatoms. The second kappa shape index (κ2) is 56.3. The smallest absolute Gasteiger partial charge is 0.450 e. The number of carbonyl (C=O) groups excluding carboxylic acids is 6. The highest BCUT2D eigenvalue weighted by molar-refractivity contribution is 6.48. The van der Waals surface area contributed by atoms with Crippen molar-refractivity contribution in [3.63, 3.8) is 0 Å². The number of hydrogen-bond donors (Lipinski definition) is 10. The van der Waals surface area contributed by atoms with Crippen LogP contribution in [0.3, 0.4) is 0 Å². The number of alkyl halides is 3. The minimum atomic E-state index is -4.64. The van der Waals surface area contributed by atoms with Crippen molar-refractivity contribution in [2.45, 2.75) is 171 Å². The number of pyridine rings is 5. The molecule has 0 aromatic carbocycles. The molecule has 0 bridgehead atoms. The number of anilines is 6. The van der Waals surface area contributed by atoms with Gasteiger partial charge in [0.2, 0.25) is 71.0 Å². The molecule has 0 atom stereocenters. The van der Waals surface area contributed by atoms with Crippen LogP contribution in [0.1, 0.15) is 135 Å². The Hall–Kier alpha value is -12.7. The summed E-state index contributed by atoms with van der Waals surface area (Å²) in [5.41, 5.74) is 28.2. The van der Waals surface area contributed by atoms with Crippen LogP contribution in [-0.2, 0) is 46.0 Å². The van der Waals surface area contributed by atoms with E-state index < -0.39 is 48.5 Å². The van der Waals surface area contributed by atoms with E-state index in [1.165, 1.54) is 68.4 Å². The molecule has 10 aromatic rings. The first-order chi connectivity index (χ1) is 59.5. The number of ether oxygens (including phenoxy) is 7. The van der Waals surface area contributed by atoms with Crippen LogP contribution in [-0.4, -0.2) is 163 Å². The summed E-state index contributed by atoms with van der Waals surface area (Å²) in [6, 6.07) is 24.7. The van der Waals surface area contributed by atoms with Crippen molar-refractivity contribution in [2.75, 3.05) is 33.6 Å². The minimum Gasteiger partial charge on any atom is -0.450 e. The van der Waals surface area contributed by atoms with Gasteiger partial charge in [-0.25, -0.2) is 84.3 Å². The number of primary amides is 1. The van der Waals surface area contributed by atoms with Crippen LogP contribution < -0.4 is 58.2 Å². The van der Waals surface area contributed by atoms with Crippen molar-refractivity contribution in [3.8, 4) is 47.0 Å². The number of nitrogens with zero attached hydrogens (tertiary/aromatic N) is 15. The lowest BCUT2D eigenvalue weighted by molar-refractivity contribution is -0.156. The van der Waals surface area contributed by atoms with Gasteiger partial charge in [0, 0.05) is 86.1 Å². The molecule has 0 aliphatic heterocycles. The molecule has 3 saturated carbocycles. The fourth-order valence-corrected chi connectivity index (χ4v) is 8.35. The zero-order chi connectivity index (χ0) is 95.0. The predicted molar refractivity (Wildman–Crippen MR) is 475 cm³/mol. The summed E-state index contributed by atoms with van der Waals surface area (Å²) in [5.74, 6) is 4.51. The normalized spacial score (nSPS) is 11.9. The van der Waals surface area contributed by atoms with Gasteiger partial charge in [0.05, 0.1) is 41.3 Å². The summed E-state index contributed by atoms with van der Waals surface area (Å²) in [7, 11) is 0. The molecule has 0 unspecified atom stereocenters. The zero-order valence-corrected chi connectivity index (χ0v) is 73.7. The molecule has 10 heterocycles. The molecule has 0 saturated heterocycles. The molecule has 15 N–H and O–H groups in total. The summed E-state index contributed by atoms with van der Waals surface area (Å²) in [5, 5.41) is 33.9. The number of aromatic nitrogens is 15. The predicted octanol–water partition coefficient (Wildman–Crippen LogP) is 15.2. The molecule has 38 nitrogen and oxygen atoms in total. The quantitative estimate of drug-likeness (QED) is 0.0133. The van der Waals surface area contributed by atoms with Crippen molar-refractivity contribution in [1.82, 2.24) is 74.8 Å². The van der Waals surface area contributed by atoms with Gasteiger partial charge < -0.3 is 87.6 Å². The highest BCUT2D eigenvalue weighted by atomic mass is 35.5. The lowest BCUT2D eigenvalue weighted by Crippen LogP contribution is -2.29. The van der Waals surface area contributed by atoms with E-state index in [1.54, 1.807) is 156 Å². The molecule has 3 amide bonds. The summed E-state index contributed by atoms with van der Waals surface area (Å²) in [4.78, 5) is 123. The number of nitrogens with one attached hydrogen (secondary N) is 2. The number of halogens is 7. The average molecular weight is 1850 g/mol. The number of aliphatic hydroxyl groups is 1. The number of hydrogen-bond acceptors (Lipinski definition) is 35. The second-order valence-electron chi connectivity index (χ2n) is 29.0. The number of rotatable bonds is 17. The van der Waals surface area contributed by atoms with E-state index in [0.29, 0.717) is 122 Å². The Kier molecular flexibility index (Phi) is 48.1. The molecule has 3 aliphatic rings. The number of nitrogen functional groups attached to an aromatic ring is 4. The molecular weight excluding hydrogens is 1750 g/mol. The molecule has 684 valence electrons. The molecule has 0 spiro atoms. The Morgan fingerprint density at radius 3 is 0.969 bits per heavy atom. The molecule has 0 radical (unpaired) electrons. The Morgan fingerprint density at radius 2 is 0.748 bits per heavy atom. The highest BCUT2D eigenvalue weighted by Crippen LogP contribution is 2.32. The number of carbonyl (C=O) groups is 6. The van der Waals surface area contributed by atoms with Crippen LogP contribution in [0.2, 0.25) is 34.3 Å². The van der Waals surface area contributed by atoms with Crippen LogP contribution in [0, 0.1) is 17.8 Å². The van der Waals surface area contributed by atoms with Crippen molar-refractivity contribution >= 4 is 131 Å². The summed E-state index contributed by atoms with van der Waals surface area (Å²) in [6.07, 6.45) is 13.5. The fourth-order valence-electron chi connectivity index (χ4n) is 7.73. The maximum Gasteiger partial charge on any atom is 0.519 e. The molecule has 3 aliphatic carbocycles. The monoisotopic (exact) mass is 1850 g/mol. The van der Waals surface area contributed by atoms with Gasteiger partial charge in [0.15, 0.2) is 0 Å². The zero-order valence-electron chi connectivity index (χ0n) is 71.7. The third kappa shape index (κ3) is 56.7. The van der Waals surface area contributed by atoms with E-state index in [9.17, 15) is 47.2 Å². The van der Waals surface area contributed by atoms with Crippen molar-refractivity contribution in [3.05, 3.63) is 185 Å². The first-order valence-corrected chi connectivity index (χ1v) is 39.2. The van der Waals surface area contributed by atoms with Crippen LogP contribution in [0.15, 0.2) is 154 Å². The first-order valence-electron chi connectivity index (χ1n) is 38.4. The topological polar surface area (TPSA) is 575 Å². The van der Waals surface area contributed by atoms with Crippen LogP contribution in [0.25, 0.3) is 0 Å². The van der Waals surface area contributed by atoms with Crippen molar-refractivity contribution in [2.24, 2.45) is 23.5 Å². The maximum atomic E-state index is 11.7. The molecular formula is C80H103B2Cl4F3N22O16. The average Bonchev–Trinajstić information content (AvgIpc) is 1.41. The van der Waals surface area contributed by atoms with Gasteiger partial charge in [-0.2, -0.15) is 13.2 Å². The molecule has 13 rings (SSSR count). The molecule has 3 fully saturated rings. The number of aldehydes is 1. The van der Waals surface area contributed by atoms with E-state index in [-0.39, 0.29) is 49.8 Å². The van der Waals surface area contributed by atoms with Gasteiger partial charge in [0.25, 0.3) is 13.8 Å². The third-order valence-corrected chi connectivity index (χ3v) is 14.2. The van der Waals surface area contributed by atoms with Crippen molar-refractivity contribution in [1.29, 1.82) is 0 Å². The summed E-state index contributed by atoms with van der Waals surface area (Å²) in [6.45, 7) is 20.2. The van der Waals surface area contributed by atoms with Gasteiger partial charge >= 0.3 is 18.5 Å². The van der Waals surface area contributed by atoms with Gasteiger partial charge in [-0.05, 0) is 149 Å². The highest BCUT2D eigenvalue weighted by Gasteiger charge is 2.32. The number of nitrogens with two attached hydrogens (primary N) is 5. The standard InChI is InChI=1S/C15H17BN4O3.C13H13N5O2.C11H11BClN3O2.C10H18O5.C9H7ClN4O.C5H7N3.C4H2Cl2N2.C4H7NO.C4H10O.C2HF3O.C2H6.CH4/c1-16(22)7-10-2-5-13(17-8-10)23-14-6-12(18-9-19-14)20-15(21)11-3-4-11;14-9-3-4-11(15-6-9)20-12-5-10(16-7-17-12)18-13(19)8-1-2-8;1-12(17)5-8-2-3-10(14-6-8)18-11-4-9(13)15-7-16-11;1-9(2,3)14-7(11)13-8(12)15-10(4,5)6;10-7-3-9(14-5-13-7)15-8-2-1-6(11)4-12-8;6-4-1-2-5(7)8-3-4;5-3-1-4(6)8-2-7-3;5-4(6)3-1-2-3;1-4(2,3)5;3-2(4,5)1-6;1-2;/h2,5-6,8-9,11,22H,3-4,7H2,1H3,(H,18,19,20,21);3-8H,1-2,14H2,(H,16,17,18,19);2-4,6-7,17H,5H2,1H3;1-6H3;1-5H,11H2;1-3H,6H2,(H2,7,8);1-2H;3H,1-2H2,(H2,5,6);5H,1-3H3;1H;1-2H3;1H4/i;;;;;;;;;;1D;. The van der Waals surface area contributed by atoms with Crippen molar-refractivity contribution < 1.29 is 91.6 Å². The SMILES string of the molecule is C.CB(O)Cc1ccc(Oc2cc(Cl)ncn2)nc1.CB(O)Cc1ccc(Oc2cc(NC(=O)C3CC3)ncn2)nc1.CC(C)(C)O.CC(C)(C)OC(=O)OC(=O)OC(C)(C)C.Clc1cc(Cl)ncn1.NC(=O)C1CC1.Nc1ccc(N)nc1.Nc1ccc(Oc2cc(Cl)ncn2)nc1.Nc1ccc(Oc2cc(NC(=O)C3CC3)ncn2)nc1.O=CC(F)(F)F.[2H]CC.